The molecule has 0 fully saturated rings. The van der Waals surface area contributed by atoms with Crippen molar-refractivity contribution in [1.29, 1.82) is 0 Å². The van der Waals surface area contributed by atoms with Crippen molar-refractivity contribution >= 4 is 0 Å². The lowest BCUT2D eigenvalue weighted by Gasteiger charge is -2.06. The van der Waals surface area contributed by atoms with E-state index in [-0.39, 0.29) is 0 Å². The first kappa shape index (κ1) is 14.2. The Morgan fingerprint density at radius 3 is 2.24 bits per heavy atom. The number of aryl methyl sites for hydroxylation is 2. The third-order valence-electron chi connectivity index (χ3n) is 2.74. The minimum atomic E-state index is 0.716. The third kappa shape index (κ3) is 7.10. The molecule has 0 aliphatic carbocycles. The summed E-state index contributed by atoms with van der Waals surface area (Å²) in [5.74, 6) is 0. The van der Waals surface area contributed by atoms with Crippen molar-refractivity contribution in [3.05, 3.63) is 35.4 Å². The van der Waals surface area contributed by atoms with E-state index in [1.165, 1.54) is 17.5 Å². The van der Waals surface area contributed by atoms with Crippen LogP contribution in [0.4, 0.5) is 0 Å². The standard InChI is InChI=1S/C14H25N3/c1-13-4-6-14(7-5-13)3-2-9-16-11-12-17-10-8-15/h4-7,16-17H,2-3,8-12,15H2,1H3. The molecule has 0 aliphatic rings. The van der Waals surface area contributed by atoms with Gasteiger partial charge < -0.3 is 16.4 Å². The van der Waals surface area contributed by atoms with Crippen LogP contribution in [0.1, 0.15) is 17.5 Å². The van der Waals surface area contributed by atoms with E-state index < -0.39 is 0 Å². The average Bonchev–Trinajstić information content (AvgIpc) is 2.35. The van der Waals surface area contributed by atoms with E-state index in [1.54, 1.807) is 0 Å². The summed E-state index contributed by atoms with van der Waals surface area (Å²) >= 11 is 0. The van der Waals surface area contributed by atoms with Crippen molar-refractivity contribution in [2.75, 3.05) is 32.7 Å². The number of nitrogens with two attached hydrogens (primary N) is 1. The molecule has 1 rings (SSSR count). The van der Waals surface area contributed by atoms with Crippen LogP contribution in [0.3, 0.4) is 0 Å². The minimum absolute atomic E-state index is 0.716. The number of hydrogen-bond donors (Lipinski definition) is 3. The van der Waals surface area contributed by atoms with E-state index in [2.05, 4.69) is 41.8 Å². The molecule has 0 radical (unpaired) electrons. The molecule has 3 heteroatoms. The maximum Gasteiger partial charge on any atom is 0.00772 e. The fourth-order valence-corrected chi connectivity index (χ4v) is 1.70. The second-order valence-electron chi connectivity index (χ2n) is 4.38. The van der Waals surface area contributed by atoms with Gasteiger partial charge >= 0.3 is 0 Å². The molecule has 0 bridgehead atoms. The molecule has 0 amide bonds. The van der Waals surface area contributed by atoms with Crippen LogP contribution in [0.25, 0.3) is 0 Å². The summed E-state index contributed by atoms with van der Waals surface area (Å²) in [6.07, 6.45) is 2.35. The highest BCUT2D eigenvalue weighted by Gasteiger charge is 1.93. The van der Waals surface area contributed by atoms with Gasteiger partial charge in [-0.15, -0.1) is 0 Å². The molecule has 0 unspecified atom stereocenters. The molecular formula is C14H25N3. The number of benzene rings is 1. The van der Waals surface area contributed by atoms with E-state index in [4.69, 9.17) is 5.73 Å². The van der Waals surface area contributed by atoms with Crippen LogP contribution in [-0.4, -0.2) is 32.7 Å². The number of rotatable bonds is 9. The Hall–Kier alpha value is -0.900. The Bertz CT molecular complexity index is 282. The summed E-state index contributed by atoms with van der Waals surface area (Å²) < 4.78 is 0. The van der Waals surface area contributed by atoms with Crippen LogP contribution in [0.2, 0.25) is 0 Å². The van der Waals surface area contributed by atoms with Gasteiger partial charge in [-0.1, -0.05) is 29.8 Å². The summed E-state index contributed by atoms with van der Waals surface area (Å²) in [6, 6.07) is 8.80. The number of hydrogen-bond acceptors (Lipinski definition) is 3. The van der Waals surface area contributed by atoms with Gasteiger partial charge in [-0.2, -0.15) is 0 Å². The normalized spacial score (nSPS) is 10.7. The molecule has 3 nitrogen and oxygen atoms in total. The van der Waals surface area contributed by atoms with Crippen LogP contribution in [-0.2, 0) is 6.42 Å². The molecular weight excluding hydrogens is 210 g/mol. The van der Waals surface area contributed by atoms with Crippen molar-refractivity contribution in [3.8, 4) is 0 Å². The summed E-state index contributed by atoms with van der Waals surface area (Å²) in [5, 5.41) is 6.68. The van der Waals surface area contributed by atoms with Crippen molar-refractivity contribution < 1.29 is 0 Å². The quantitative estimate of drug-likeness (QED) is 0.561. The van der Waals surface area contributed by atoms with Crippen LogP contribution in [0.5, 0.6) is 0 Å². The van der Waals surface area contributed by atoms with Gasteiger partial charge in [0.25, 0.3) is 0 Å². The second-order valence-corrected chi connectivity index (χ2v) is 4.38. The van der Waals surface area contributed by atoms with Crippen LogP contribution >= 0.6 is 0 Å². The molecule has 4 N–H and O–H groups in total. The fourth-order valence-electron chi connectivity index (χ4n) is 1.70. The lowest BCUT2D eigenvalue weighted by atomic mass is 10.1. The van der Waals surface area contributed by atoms with Crippen LogP contribution in [0.15, 0.2) is 24.3 Å². The Kier molecular flexibility index (Phi) is 7.63. The zero-order chi connectivity index (χ0) is 12.3. The Labute approximate surface area is 105 Å². The zero-order valence-electron chi connectivity index (χ0n) is 10.8. The molecule has 1 aromatic carbocycles. The van der Waals surface area contributed by atoms with Gasteiger partial charge in [0.15, 0.2) is 0 Å². The van der Waals surface area contributed by atoms with E-state index in [0.29, 0.717) is 6.54 Å². The van der Waals surface area contributed by atoms with Gasteiger partial charge in [0, 0.05) is 26.2 Å². The maximum atomic E-state index is 5.38. The van der Waals surface area contributed by atoms with Crippen molar-refractivity contribution in [2.45, 2.75) is 19.8 Å². The van der Waals surface area contributed by atoms with E-state index in [9.17, 15) is 0 Å². The zero-order valence-corrected chi connectivity index (χ0v) is 10.8. The van der Waals surface area contributed by atoms with Crippen molar-refractivity contribution in [2.24, 2.45) is 5.73 Å². The van der Waals surface area contributed by atoms with Gasteiger partial charge in [0.1, 0.15) is 0 Å². The van der Waals surface area contributed by atoms with Crippen molar-refractivity contribution in [1.82, 2.24) is 10.6 Å². The molecule has 0 aromatic heterocycles. The first-order valence-corrected chi connectivity index (χ1v) is 6.50. The first-order chi connectivity index (χ1) is 8.33. The van der Waals surface area contributed by atoms with Crippen LogP contribution < -0.4 is 16.4 Å². The predicted molar refractivity (Wildman–Crippen MR) is 74.3 cm³/mol. The van der Waals surface area contributed by atoms with Gasteiger partial charge in [-0.3, -0.25) is 0 Å². The Morgan fingerprint density at radius 1 is 0.941 bits per heavy atom. The lowest BCUT2D eigenvalue weighted by molar-refractivity contribution is 0.599. The van der Waals surface area contributed by atoms with Gasteiger partial charge in [0.2, 0.25) is 0 Å². The highest BCUT2D eigenvalue weighted by molar-refractivity contribution is 5.21. The van der Waals surface area contributed by atoms with Gasteiger partial charge in [-0.25, -0.2) is 0 Å². The van der Waals surface area contributed by atoms with Crippen LogP contribution in [0, 0.1) is 6.92 Å². The molecule has 0 aliphatic heterocycles. The number of nitrogens with one attached hydrogen (secondary N) is 2. The smallest absolute Gasteiger partial charge is 0.00772 e. The second kappa shape index (κ2) is 9.16. The molecule has 0 atom stereocenters. The summed E-state index contributed by atoms with van der Waals surface area (Å²) in [7, 11) is 0. The molecule has 0 heterocycles. The highest BCUT2D eigenvalue weighted by atomic mass is 14.9. The maximum absolute atomic E-state index is 5.38. The highest BCUT2D eigenvalue weighted by Crippen LogP contribution is 2.04. The largest absolute Gasteiger partial charge is 0.329 e. The Morgan fingerprint density at radius 2 is 1.59 bits per heavy atom. The van der Waals surface area contributed by atoms with E-state index in [0.717, 1.165) is 32.6 Å². The average molecular weight is 235 g/mol. The van der Waals surface area contributed by atoms with E-state index in [1.807, 2.05) is 0 Å². The fraction of sp³-hybridized carbons (Fsp3) is 0.571. The molecule has 0 saturated carbocycles. The molecule has 0 spiro atoms. The predicted octanol–water partition coefficient (Wildman–Crippen LogP) is 1.07. The summed E-state index contributed by atoms with van der Waals surface area (Å²) in [4.78, 5) is 0. The lowest BCUT2D eigenvalue weighted by Crippen LogP contribution is -2.31. The van der Waals surface area contributed by atoms with Crippen molar-refractivity contribution in [3.63, 3.8) is 0 Å². The SMILES string of the molecule is Cc1ccc(CCCNCCNCCN)cc1. The molecule has 0 saturated heterocycles. The van der Waals surface area contributed by atoms with E-state index >= 15 is 0 Å². The third-order valence-corrected chi connectivity index (χ3v) is 2.74. The van der Waals surface area contributed by atoms with Gasteiger partial charge in [-0.05, 0) is 31.9 Å². The summed E-state index contributed by atoms with van der Waals surface area (Å²) in [5.41, 5.74) is 8.14. The molecule has 1 aromatic rings. The summed E-state index contributed by atoms with van der Waals surface area (Å²) in [6.45, 7) is 6.85. The van der Waals surface area contributed by atoms with Gasteiger partial charge in [0.05, 0.1) is 0 Å². The topological polar surface area (TPSA) is 50.1 Å². The monoisotopic (exact) mass is 235 g/mol. The Balaban J connectivity index is 1.95. The minimum Gasteiger partial charge on any atom is -0.329 e. The first-order valence-electron chi connectivity index (χ1n) is 6.50. The molecule has 96 valence electrons. The molecule has 17 heavy (non-hydrogen) atoms.